The van der Waals surface area contributed by atoms with Gasteiger partial charge < -0.3 is 0 Å². The first-order valence-electron chi connectivity index (χ1n) is 1.22. The van der Waals surface area contributed by atoms with Crippen molar-refractivity contribution in [2.75, 3.05) is 0 Å². The molecule has 0 aromatic rings. The van der Waals surface area contributed by atoms with Crippen LogP contribution >= 0.6 is 0 Å². The number of rotatable bonds is 0. The Balaban J connectivity index is -0.0000000300. The molecule has 10 heteroatoms. The molecule has 0 aromatic carbocycles. The molecule has 0 saturated heterocycles. The van der Waals surface area contributed by atoms with Crippen molar-refractivity contribution in [2.24, 2.45) is 0 Å². The van der Waals surface area contributed by atoms with Crippen LogP contribution in [0.4, 0.5) is 0 Å². The maximum atomic E-state index is 8.58. The fourth-order valence-electron chi connectivity index (χ4n) is 0. The first-order valence-corrected chi connectivity index (χ1v) is 5.05. The molecule has 0 aromatic heterocycles. The average molecular weight is 271 g/mol. The molecule has 0 fully saturated rings. The molecule has 0 atom stereocenters. The second kappa shape index (κ2) is 17.3. The molecule has 10 heavy (non-hydrogen) atoms. The minimum atomic E-state index is -4.08. The van der Waals surface area contributed by atoms with Crippen LogP contribution < -0.4 is 14.8 Å². The zero-order valence-corrected chi connectivity index (χ0v) is 10.3. The van der Waals surface area contributed by atoms with E-state index < -0.39 is 37.2 Å². The van der Waals surface area contributed by atoms with Gasteiger partial charge in [-0.15, -0.1) is 0 Å². The third-order valence-electron chi connectivity index (χ3n) is 0. The van der Waals surface area contributed by atoms with Crippen LogP contribution in [0.15, 0.2) is 0 Å². The van der Waals surface area contributed by atoms with Crippen molar-refractivity contribution < 1.29 is 75.7 Å². The van der Waals surface area contributed by atoms with Gasteiger partial charge in [-0.2, -0.15) is 0 Å². The van der Waals surface area contributed by atoms with E-state index in [0.717, 1.165) is 0 Å². The Morgan fingerprint density at radius 2 is 0.800 bits per heavy atom. The molecule has 6 nitrogen and oxygen atoms in total. The number of hydrogen-bond donors (Lipinski definition) is 0. The van der Waals surface area contributed by atoms with E-state index in [1.165, 1.54) is 0 Å². The topological polar surface area (TPSA) is 126 Å². The van der Waals surface area contributed by atoms with Crippen molar-refractivity contribution in [1.82, 2.24) is 0 Å². The molecule has 53 valence electrons. The van der Waals surface area contributed by atoms with Crippen LogP contribution in [0.25, 0.3) is 0 Å². The number of hydrogen-bond acceptors (Lipinski definition) is 6. The summed E-state index contributed by atoms with van der Waals surface area (Å²) < 4.78 is 51.5. The summed E-state index contributed by atoms with van der Waals surface area (Å²) in [5.41, 5.74) is 0. The monoisotopic (exact) mass is 271 g/mol. The summed E-state index contributed by atoms with van der Waals surface area (Å²) in [6.07, 6.45) is 0. The molecular weight excluding hydrogens is 271 g/mol. The molecule has 0 aliphatic rings. The van der Waals surface area contributed by atoms with Crippen LogP contribution in [0, 0.1) is 0 Å². The van der Waals surface area contributed by atoms with Crippen molar-refractivity contribution in [3.8, 4) is 0 Å². The summed E-state index contributed by atoms with van der Waals surface area (Å²) in [6.45, 7) is 0. The molecule has 0 heterocycles. The Morgan fingerprint density at radius 1 is 0.800 bits per heavy atom. The predicted molar refractivity (Wildman–Crippen MR) is 7.13 cm³/mol. The van der Waals surface area contributed by atoms with Gasteiger partial charge in [0.2, 0.25) is 0 Å². The van der Waals surface area contributed by atoms with Gasteiger partial charge >= 0.3 is 98.8 Å². The normalized spacial score (nSPS) is 5.20. The molecule has 0 aliphatic heterocycles. The molecule has 0 saturated carbocycles. The molecular formula is MgMnO6Ti2. The summed E-state index contributed by atoms with van der Waals surface area (Å²) in [4.78, 5) is 0. The molecule has 0 aliphatic carbocycles. The van der Waals surface area contributed by atoms with E-state index in [1.54, 1.807) is 0 Å². The van der Waals surface area contributed by atoms with E-state index in [-0.39, 0.29) is 40.1 Å². The Labute approximate surface area is 97.5 Å². The van der Waals surface area contributed by atoms with E-state index in [4.69, 9.17) is 21.4 Å². The van der Waals surface area contributed by atoms with Crippen molar-refractivity contribution in [1.29, 1.82) is 0 Å². The van der Waals surface area contributed by atoms with Crippen molar-refractivity contribution in [3.05, 3.63) is 0 Å². The average Bonchev–Trinajstić information content (AvgIpc) is 1.25. The second-order valence-corrected chi connectivity index (χ2v) is 2.06. The van der Waals surface area contributed by atoms with Crippen LogP contribution in [0.2, 0.25) is 0 Å². The summed E-state index contributed by atoms with van der Waals surface area (Å²) in [5, 5.41) is 0. The fourth-order valence-corrected chi connectivity index (χ4v) is 0. The third kappa shape index (κ3) is 183. The Hall–Kier alpha value is 2.15. The van der Waals surface area contributed by atoms with Gasteiger partial charge in [0.1, 0.15) is 0 Å². The molecule has 0 rings (SSSR count). The maximum absolute atomic E-state index is 8.58. The van der Waals surface area contributed by atoms with Crippen LogP contribution in [-0.2, 0) is 61.0 Å². The van der Waals surface area contributed by atoms with E-state index in [1.807, 2.05) is 0 Å². The Morgan fingerprint density at radius 3 is 0.800 bits per heavy atom. The fraction of sp³-hybridized carbons (Fsp3) is 0. The predicted octanol–water partition coefficient (Wildman–Crippen LogP) is -5.38. The Bertz CT molecular complexity index is 73.7. The SMILES string of the molecule is [Mg+2].[Mn+2].[O]=[Ti]([O-])[O-].[O]=[Ti]([O-])[O-]. The quantitative estimate of drug-likeness (QED) is 0.405. The van der Waals surface area contributed by atoms with Gasteiger partial charge in [-0.05, 0) is 0 Å². The minimum absolute atomic E-state index is 0. The van der Waals surface area contributed by atoms with Gasteiger partial charge in [-0.1, -0.05) is 0 Å². The van der Waals surface area contributed by atoms with Crippen molar-refractivity contribution in [2.45, 2.75) is 0 Å². The zero-order chi connectivity index (χ0) is 7.15. The standard InChI is InChI=1S/Mg.Mn.6O.2Ti/q2*+2;;;4*-1;;. The van der Waals surface area contributed by atoms with Gasteiger partial charge in [-0.3, -0.25) is 0 Å². The van der Waals surface area contributed by atoms with Crippen LogP contribution in [0.5, 0.6) is 0 Å². The Kier molecular flexibility index (Phi) is 39.3. The van der Waals surface area contributed by atoms with E-state index in [2.05, 4.69) is 0 Å². The van der Waals surface area contributed by atoms with Gasteiger partial charge in [0.15, 0.2) is 0 Å². The van der Waals surface area contributed by atoms with E-state index in [0.29, 0.717) is 0 Å². The van der Waals surface area contributed by atoms with Crippen LogP contribution in [0.1, 0.15) is 0 Å². The van der Waals surface area contributed by atoms with Crippen LogP contribution in [-0.4, -0.2) is 23.1 Å². The van der Waals surface area contributed by atoms with Gasteiger partial charge in [0, 0.05) is 0 Å². The summed E-state index contributed by atoms with van der Waals surface area (Å²) >= 11 is -8.17. The third-order valence-corrected chi connectivity index (χ3v) is 0. The van der Waals surface area contributed by atoms with Gasteiger partial charge in [0.25, 0.3) is 0 Å². The molecule has 1 radical (unpaired) electrons. The molecule has 0 N–H and O–H groups in total. The second-order valence-electron chi connectivity index (χ2n) is 0.500. The molecule has 0 bridgehead atoms. The molecule has 0 amide bonds. The van der Waals surface area contributed by atoms with Crippen molar-refractivity contribution >= 4 is 23.1 Å². The molecule has 0 spiro atoms. The molecule has 0 unspecified atom stereocenters. The van der Waals surface area contributed by atoms with Gasteiger partial charge in [0.05, 0.1) is 0 Å². The first-order chi connectivity index (χ1) is 3.46. The van der Waals surface area contributed by atoms with E-state index in [9.17, 15) is 0 Å². The first kappa shape index (κ1) is 22.7. The van der Waals surface area contributed by atoms with Crippen molar-refractivity contribution in [3.63, 3.8) is 0 Å². The summed E-state index contributed by atoms with van der Waals surface area (Å²) in [7, 11) is 0. The van der Waals surface area contributed by atoms with E-state index >= 15 is 0 Å². The van der Waals surface area contributed by atoms with Crippen LogP contribution in [0.3, 0.4) is 0 Å². The zero-order valence-electron chi connectivity index (χ0n) is 4.53. The summed E-state index contributed by atoms with van der Waals surface area (Å²) in [6, 6.07) is 0. The summed E-state index contributed by atoms with van der Waals surface area (Å²) in [5.74, 6) is 0. The van der Waals surface area contributed by atoms with Gasteiger partial charge in [-0.25, -0.2) is 0 Å².